The second-order valence-electron chi connectivity index (χ2n) is 8.14. The lowest BCUT2D eigenvalue weighted by Gasteiger charge is -1.99. The molecule has 0 N–H and O–H groups in total. The molecule has 0 spiro atoms. The molecule has 36 heavy (non-hydrogen) atoms. The molecule has 0 bridgehead atoms. The van der Waals surface area contributed by atoms with E-state index >= 15 is 0 Å². The average molecular weight is 504 g/mol. The molecule has 3 rings (SSSR count). The molecule has 3 aromatic rings. The van der Waals surface area contributed by atoms with Gasteiger partial charge in [-0.05, 0) is 17.4 Å². The van der Waals surface area contributed by atoms with Gasteiger partial charge in [0.25, 0.3) is 0 Å². The number of ketones is 1. The number of carbonyl (C=O) groups excluding carboxylic acids is 1. The quantitative estimate of drug-likeness (QED) is 0.325. The molecule has 0 heterocycles. The third-order valence-electron chi connectivity index (χ3n) is 3.11. The van der Waals surface area contributed by atoms with Crippen molar-refractivity contribution in [3.05, 3.63) is 114 Å². The maximum Gasteiger partial charge on any atom is 1.00 e. The smallest absolute Gasteiger partial charge is 0.289 e. The number of hydrogen-bond donors (Lipinski definition) is 0. The fraction of sp³-hybridized carbons (Fsp3) is 0.400. The highest BCUT2D eigenvalue weighted by Gasteiger charge is 2.06. The standard InChI is InChI=1S/C13H10O.C8H8.2C4H10.6CH4.H2/c14-13(11-7-3-1-4-8-11)12-9-5-2-6-10-12;1-2-8-6-4-3-5-7-8;2*1-4(2)3;;;;;;;/h1-10H;2-7H,1H2;2*4H,1-3H3;6*1H4;1H/p+1/i;;;;;;;;;;1+1/hD. The summed E-state index contributed by atoms with van der Waals surface area (Å²) in [5.74, 6) is 1.74. The molecule has 3 aromatic carbocycles. The first-order valence-electron chi connectivity index (χ1n) is 10.6. The highest BCUT2D eigenvalue weighted by atomic mass is 16.1. The van der Waals surface area contributed by atoms with Gasteiger partial charge >= 0.3 is 1.43 Å². The van der Waals surface area contributed by atoms with Crippen molar-refractivity contribution >= 4 is 11.9 Å². The Bertz CT molecular complexity index is 746. The maximum absolute atomic E-state index is 11.8. The normalized spacial score (nSPS) is 7.67. The third kappa shape index (κ3) is 29.1. The highest BCUT2D eigenvalue weighted by Crippen LogP contribution is 2.08. The van der Waals surface area contributed by atoms with Gasteiger partial charge < -0.3 is 0 Å². The van der Waals surface area contributed by atoms with E-state index < -0.39 is 0 Å². The van der Waals surface area contributed by atoms with Gasteiger partial charge in [-0.3, -0.25) is 4.79 Å². The maximum atomic E-state index is 11.8. The zero-order chi connectivity index (χ0) is 22.8. The largest absolute Gasteiger partial charge is 1.00 e. The van der Waals surface area contributed by atoms with Gasteiger partial charge in [0.2, 0.25) is 0 Å². The van der Waals surface area contributed by atoms with E-state index in [0.29, 0.717) is 0 Å². The zero-order valence-corrected chi connectivity index (χ0v) is 19.5. The van der Waals surface area contributed by atoms with Crippen LogP contribution in [0.1, 0.15) is 110 Å². The van der Waals surface area contributed by atoms with Gasteiger partial charge in [-0.25, -0.2) is 0 Å². The predicted octanol–water partition coefficient (Wildman–Crippen LogP) is 12.7. The molecular weight excluding hydrogens is 436 g/mol. The van der Waals surface area contributed by atoms with Gasteiger partial charge in [-0.15, -0.1) is 0 Å². The van der Waals surface area contributed by atoms with Crippen molar-refractivity contribution in [2.75, 3.05) is 0 Å². The molecule has 0 aliphatic heterocycles. The zero-order valence-electron chi connectivity index (χ0n) is 20.5. The molecule has 0 amide bonds. The Hall–Kier alpha value is -2.93. The summed E-state index contributed by atoms with van der Waals surface area (Å²) < 4.78 is 0. The number of carbonyl (C=O) groups is 1. The monoisotopic (exact) mass is 504 g/mol. The van der Waals surface area contributed by atoms with Crippen molar-refractivity contribution in [1.82, 2.24) is 0 Å². The third-order valence-corrected chi connectivity index (χ3v) is 3.11. The van der Waals surface area contributed by atoms with Gasteiger partial charge in [-0.2, -0.15) is 0 Å². The van der Waals surface area contributed by atoms with E-state index in [-0.39, 0.29) is 53.2 Å². The van der Waals surface area contributed by atoms with E-state index in [9.17, 15) is 4.79 Å². The molecule has 210 valence electrons. The number of hydrogen-bond acceptors (Lipinski definition) is 1. The Balaban J connectivity index is -0.0000000443. The summed E-state index contributed by atoms with van der Waals surface area (Å²) in [5, 5.41) is 0. The SMILES string of the molecule is C.C.C.C.C.C.C=Cc1ccccc1.CC(C)C.CC(C)C.O=C(c1ccccc1)c1ccccc1.[2H+].[2HH]. The summed E-state index contributed by atoms with van der Waals surface area (Å²) in [6.45, 7) is 16.6. The summed E-state index contributed by atoms with van der Waals surface area (Å²) >= 11 is 0. The second kappa shape index (κ2) is 32.1. The molecule has 0 aliphatic carbocycles. The fourth-order valence-corrected chi connectivity index (χ4v) is 1.93. The van der Waals surface area contributed by atoms with Crippen molar-refractivity contribution in [1.29, 1.82) is 0 Å². The van der Waals surface area contributed by atoms with E-state index in [1.54, 1.807) is 0 Å². The first-order valence-corrected chi connectivity index (χ1v) is 10.6. The Morgan fingerprint density at radius 2 is 0.806 bits per heavy atom. The lowest BCUT2D eigenvalue weighted by atomic mass is 10.0. The van der Waals surface area contributed by atoms with Crippen LogP contribution < -0.4 is 0 Å². The van der Waals surface area contributed by atoms with Crippen molar-refractivity contribution in [3.8, 4) is 0 Å². The Kier molecular flexibility index (Phi) is 44.6. The summed E-state index contributed by atoms with van der Waals surface area (Å²) in [7, 11) is 0. The molecule has 1 heteroatoms. The van der Waals surface area contributed by atoms with E-state index in [4.69, 9.17) is 0 Å². The van der Waals surface area contributed by atoms with Crippen molar-refractivity contribution in [2.24, 2.45) is 11.8 Å². The summed E-state index contributed by atoms with van der Waals surface area (Å²) in [5.41, 5.74) is 2.64. The molecule has 0 saturated carbocycles. The lowest BCUT2D eigenvalue weighted by Crippen LogP contribution is -1.99. The molecular formula is C35H65O+. The minimum absolute atomic E-state index is 0. The van der Waals surface area contributed by atoms with E-state index in [0.717, 1.165) is 23.0 Å². The molecule has 0 atom stereocenters. The fourth-order valence-electron chi connectivity index (χ4n) is 1.93. The van der Waals surface area contributed by atoms with E-state index in [1.807, 2.05) is 97.1 Å². The van der Waals surface area contributed by atoms with E-state index in [1.165, 1.54) is 5.56 Å². The molecule has 0 saturated heterocycles. The van der Waals surface area contributed by atoms with Crippen LogP contribution in [0.15, 0.2) is 97.6 Å². The molecule has 0 aromatic heterocycles. The summed E-state index contributed by atoms with van der Waals surface area (Å²) in [6, 6.07) is 28.6. The molecule has 1 nitrogen and oxygen atoms in total. The van der Waals surface area contributed by atoms with Crippen LogP contribution in [0.3, 0.4) is 0 Å². The van der Waals surface area contributed by atoms with Crippen LogP contribution in [-0.2, 0) is 0 Å². The average Bonchev–Trinajstić information content (AvgIpc) is 2.75. The first-order chi connectivity index (χ1) is 14.3. The minimum Gasteiger partial charge on any atom is -0.289 e. The van der Waals surface area contributed by atoms with Crippen LogP contribution in [0.4, 0.5) is 0 Å². The van der Waals surface area contributed by atoms with Gasteiger partial charge in [0.1, 0.15) is 0 Å². The van der Waals surface area contributed by atoms with Crippen molar-refractivity contribution in [2.45, 2.75) is 86.1 Å². The molecule has 0 fully saturated rings. The predicted molar refractivity (Wildman–Crippen MR) is 177 cm³/mol. The number of benzene rings is 3. The van der Waals surface area contributed by atoms with Gasteiger partial charge in [0.15, 0.2) is 5.78 Å². The summed E-state index contributed by atoms with van der Waals surface area (Å²) in [4.78, 5) is 11.8. The van der Waals surface area contributed by atoms with Crippen LogP contribution in [0.25, 0.3) is 6.08 Å². The van der Waals surface area contributed by atoms with Crippen LogP contribution >= 0.6 is 0 Å². The number of rotatable bonds is 3. The minimum atomic E-state index is 0. The lowest BCUT2D eigenvalue weighted by molar-refractivity contribution is 0.103. The van der Waals surface area contributed by atoms with Crippen LogP contribution in [0, 0.1) is 11.8 Å². The Morgan fingerprint density at radius 1 is 0.583 bits per heavy atom. The molecule has 0 aliphatic rings. The van der Waals surface area contributed by atoms with Gasteiger partial charge in [0.05, 0.1) is 0 Å². The van der Waals surface area contributed by atoms with Crippen LogP contribution in [0.2, 0.25) is 0 Å². The van der Waals surface area contributed by atoms with Gasteiger partial charge in [-0.1, -0.05) is 190 Å². The van der Waals surface area contributed by atoms with Crippen LogP contribution in [0.5, 0.6) is 0 Å². The topological polar surface area (TPSA) is 17.1 Å². The first kappa shape index (κ1) is 50.0. The van der Waals surface area contributed by atoms with Gasteiger partial charge in [0, 0.05) is 12.6 Å². The Labute approximate surface area is 231 Å². The van der Waals surface area contributed by atoms with Crippen molar-refractivity contribution < 1.29 is 7.65 Å². The highest BCUT2D eigenvalue weighted by molar-refractivity contribution is 6.08. The Morgan fingerprint density at radius 3 is 1.00 bits per heavy atom. The second-order valence-corrected chi connectivity index (χ2v) is 8.14. The summed E-state index contributed by atoms with van der Waals surface area (Å²) in [6.07, 6.45) is 1.83. The van der Waals surface area contributed by atoms with Crippen LogP contribution in [-0.4, -0.2) is 5.78 Å². The molecule has 0 radical (unpaired) electrons. The van der Waals surface area contributed by atoms with E-state index in [2.05, 4.69) is 48.1 Å². The molecule has 0 unspecified atom stereocenters. The van der Waals surface area contributed by atoms with Crippen molar-refractivity contribution in [3.63, 3.8) is 0 Å².